The van der Waals surface area contributed by atoms with Crippen molar-refractivity contribution in [2.24, 2.45) is 0 Å². The summed E-state index contributed by atoms with van der Waals surface area (Å²) in [5.74, 6) is -1.17. The van der Waals surface area contributed by atoms with Crippen LogP contribution in [0.15, 0.2) is 42.5 Å². The molecule has 1 aliphatic rings. The predicted octanol–water partition coefficient (Wildman–Crippen LogP) is 2.97. The molecule has 1 amide bonds. The number of amides is 1. The maximum Gasteiger partial charge on any atom is 0.339 e. The molecule has 24 heavy (non-hydrogen) atoms. The Kier molecular flexibility index (Phi) is 4.18. The smallest absolute Gasteiger partial charge is 0.339 e. The number of carbonyl (C=O) groups excluding carboxylic acids is 2. The summed E-state index contributed by atoms with van der Waals surface area (Å²) in [6, 6.07) is 10.3. The first-order valence-electron chi connectivity index (χ1n) is 6.99. The van der Waals surface area contributed by atoms with Crippen molar-refractivity contribution < 1.29 is 19.2 Å². The van der Waals surface area contributed by atoms with Crippen molar-refractivity contribution >= 4 is 34.9 Å². The fraction of sp³-hybridized carbons (Fsp3) is 0.125. The summed E-state index contributed by atoms with van der Waals surface area (Å²) in [5.41, 5.74) is 1.10. The second kappa shape index (κ2) is 6.29. The second-order valence-corrected chi connectivity index (χ2v) is 5.63. The number of non-ortho nitro benzene ring substituents is 1. The van der Waals surface area contributed by atoms with Gasteiger partial charge in [0.1, 0.15) is 0 Å². The van der Waals surface area contributed by atoms with Crippen LogP contribution in [0.25, 0.3) is 0 Å². The molecule has 0 bridgehead atoms. The molecule has 1 unspecified atom stereocenters. The lowest BCUT2D eigenvalue weighted by molar-refractivity contribution is -0.384. The van der Waals surface area contributed by atoms with Crippen LogP contribution in [0.4, 0.5) is 11.4 Å². The average molecular weight is 347 g/mol. The number of nitrogens with one attached hydrogen (secondary N) is 1. The number of fused-ring (bicyclic) bond motifs is 1. The van der Waals surface area contributed by atoms with E-state index in [2.05, 4.69) is 5.32 Å². The molecule has 7 nitrogen and oxygen atoms in total. The lowest BCUT2D eigenvalue weighted by Crippen LogP contribution is -2.38. The number of benzene rings is 2. The molecule has 1 N–H and O–H groups in total. The highest BCUT2D eigenvalue weighted by atomic mass is 35.5. The van der Waals surface area contributed by atoms with E-state index in [1.54, 1.807) is 18.2 Å². The highest BCUT2D eigenvalue weighted by Gasteiger charge is 2.31. The Hall–Kier alpha value is -2.93. The number of ether oxygens (including phenoxy) is 1. The minimum Gasteiger partial charge on any atom is -0.448 e. The van der Waals surface area contributed by atoms with Crippen LogP contribution >= 0.6 is 11.6 Å². The van der Waals surface area contributed by atoms with Gasteiger partial charge in [-0.1, -0.05) is 17.7 Å². The molecule has 2 aromatic rings. The molecule has 8 heteroatoms. The standard InChI is InChI=1S/C16H11ClN2O5/c17-10-4-5-13-9(6-10)7-14(24-16(13)21)15(20)18-11-2-1-3-12(8-11)19(22)23/h1-6,8,14H,7H2,(H,18,20). The number of halogens is 1. The highest BCUT2D eigenvalue weighted by Crippen LogP contribution is 2.25. The van der Waals surface area contributed by atoms with E-state index in [0.717, 1.165) is 0 Å². The molecule has 122 valence electrons. The molecule has 0 aromatic heterocycles. The third-order valence-electron chi connectivity index (χ3n) is 3.56. The normalized spacial score (nSPS) is 16.0. The SMILES string of the molecule is O=C1OC(C(=O)Nc2cccc([N+](=O)[O-])c2)Cc2cc(Cl)ccc21. The number of esters is 1. The Morgan fingerprint density at radius 2 is 2.08 bits per heavy atom. The zero-order valence-electron chi connectivity index (χ0n) is 12.2. The first-order chi connectivity index (χ1) is 11.4. The number of nitro benzene ring substituents is 1. The van der Waals surface area contributed by atoms with Gasteiger partial charge < -0.3 is 10.1 Å². The van der Waals surface area contributed by atoms with Crippen LogP contribution in [0.5, 0.6) is 0 Å². The lowest BCUT2D eigenvalue weighted by atomic mass is 9.98. The van der Waals surface area contributed by atoms with Crippen molar-refractivity contribution in [2.45, 2.75) is 12.5 Å². The van der Waals surface area contributed by atoms with Crippen LogP contribution in [0.3, 0.4) is 0 Å². The van der Waals surface area contributed by atoms with Gasteiger partial charge in [-0.2, -0.15) is 0 Å². The molecule has 0 saturated carbocycles. The maximum absolute atomic E-state index is 12.3. The van der Waals surface area contributed by atoms with E-state index in [1.807, 2.05) is 0 Å². The van der Waals surface area contributed by atoms with Crippen molar-refractivity contribution in [3.63, 3.8) is 0 Å². The topological polar surface area (TPSA) is 98.5 Å². The van der Waals surface area contributed by atoms with Crippen LogP contribution in [-0.2, 0) is 16.0 Å². The van der Waals surface area contributed by atoms with Gasteiger partial charge >= 0.3 is 5.97 Å². The van der Waals surface area contributed by atoms with E-state index in [4.69, 9.17) is 16.3 Å². The Morgan fingerprint density at radius 1 is 1.29 bits per heavy atom. The van der Waals surface area contributed by atoms with Gasteiger partial charge in [0, 0.05) is 29.3 Å². The molecule has 0 radical (unpaired) electrons. The number of cyclic esters (lactones) is 1. The minimum absolute atomic E-state index is 0.148. The number of carbonyl (C=O) groups is 2. The van der Waals surface area contributed by atoms with Crippen LogP contribution in [0.2, 0.25) is 5.02 Å². The molecular formula is C16H11ClN2O5. The van der Waals surface area contributed by atoms with E-state index >= 15 is 0 Å². The van der Waals surface area contributed by atoms with Gasteiger partial charge in [-0.3, -0.25) is 14.9 Å². The first-order valence-corrected chi connectivity index (χ1v) is 7.36. The first kappa shape index (κ1) is 15.9. The number of anilines is 1. The minimum atomic E-state index is -1.03. The van der Waals surface area contributed by atoms with Crippen LogP contribution in [0, 0.1) is 10.1 Å². The van der Waals surface area contributed by atoms with Crippen molar-refractivity contribution in [3.05, 3.63) is 68.7 Å². The molecule has 0 fully saturated rings. The van der Waals surface area contributed by atoms with Gasteiger partial charge in [0.2, 0.25) is 0 Å². The van der Waals surface area contributed by atoms with Gasteiger partial charge in [0.25, 0.3) is 11.6 Å². The van der Waals surface area contributed by atoms with E-state index in [0.29, 0.717) is 16.1 Å². The molecule has 1 aliphatic heterocycles. The molecule has 3 rings (SSSR count). The summed E-state index contributed by atoms with van der Waals surface area (Å²) in [6.45, 7) is 0. The fourth-order valence-corrected chi connectivity index (χ4v) is 2.63. The van der Waals surface area contributed by atoms with Gasteiger partial charge in [-0.05, 0) is 29.8 Å². The van der Waals surface area contributed by atoms with E-state index in [1.165, 1.54) is 24.3 Å². The molecule has 2 aromatic carbocycles. The van der Waals surface area contributed by atoms with Crippen molar-refractivity contribution in [1.29, 1.82) is 0 Å². The monoisotopic (exact) mass is 346 g/mol. The summed E-state index contributed by atoms with van der Waals surface area (Å²) in [4.78, 5) is 34.5. The number of nitrogens with zero attached hydrogens (tertiary/aromatic N) is 1. The zero-order chi connectivity index (χ0) is 17.3. The average Bonchev–Trinajstić information content (AvgIpc) is 2.54. The summed E-state index contributed by atoms with van der Waals surface area (Å²) < 4.78 is 5.14. The van der Waals surface area contributed by atoms with Gasteiger partial charge in [-0.25, -0.2) is 4.79 Å². The molecule has 1 atom stereocenters. The number of nitro groups is 1. The van der Waals surface area contributed by atoms with Crippen molar-refractivity contribution in [3.8, 4) is 0 Å². The molecule has 1 heterocycles. The molecular weight excluding hydrogens is 336 g/mol. The van der Waals surface area contributed by atoms with Crippen LogP contribution in [-0.4, -0.2) is 22.9 Å². The summed E-state index contributed by atoms with van der Waals surface area (Å²) >= 11 is 5.91. The number of hydrogen-bond donors (Lipinski definition) is 1. The van der Waals surface area contributed by atoms with E-state index < -0.39 is 22.9 Å². The highest BCUT2D eigenvalue weighted by molar-refractivity contribution is 6.30. The molecule has 0 saturated heterocycles. The van der Waals surface area contributed by atoms with Gasteiger partial charge in [0.05, 0.1) is 10.5 Å². The van der Waals surface area contributed by atoms with Gasteiger partial charge in [-0.15, -0.1) is 0 Å². The largest absolute Gasteiger partial charge is 0.448 e. The van der Waals surface area contributed by atoms with Crippen LogP contribution in [0.1, 0.15) is 15.9 Å². The quantitative estimate of drug-likeness (QED) is 0.523. The third-order valence-corrected chi connectivity index (χ3v) is 3.79. The fourth-order valence-electron chi connectivity index (χ4n) is 2.43. The lowest BCUT2D eigenvalue weighted by Gasteiger charge is -2.24. The zero-order valence-corrected chi connectivity index (χ0v) is 12.9. The third kappa shape index (κ3) is 3.21. The summed E-state index contributed by atoms with van der Waals surface area (Å²) in [6.07, 6.45) is -0.842. The number of hydrogen-bond acceptors (Lipinski definition) is 5. The second-order valence-electron chi connectivity index (χ2n) is 5.20. The maximum atomic E-state index is 12.3. The van der Waals surface area contributed by atoms with E-state index in [9.17, 15) is 19.7 Å². The Balaban J connectivity index is 1.78. The molecule has 0 spiro atoms. The van der Waals surface area contributed by atoms with E-state index in [-0.39, 0.29) is 17.8 Å². The predicted molar refractivity (Wildman–Crippen MR) is 86.1 cm³/mol. The Labute approximate surface area is 141 Å². The Morgan fingerprint density at radius 3 is 2.83 bits per heavy atom. The Bertz CT molecular complexity index is 852. The summed E-state index contributed by atoms with van der Waals surface area (Å²) in [5, 5.41) is 13.7. The molecule has 0 aliphatic carbocycles. The van der Waals surface area contributed by atoms with Gasteiger partial charge in [0.15, 0.2) is 6.10 Å². The van der Waals surface area contributed by atoms with Crippen molar-refractivity contribution in [2.75, 3.05) is 5.32 Å². The van der Waals surface area contributed by atoms with Crippen LogP contribution < -0.4 is 5.32 Å². The van der Waals surface area contributed by atoms with Crippen molar-refractivity contribution in [1.82, 2.24) is 0 Å². The number of rotatable bonds is 3. The summed E-state index contributed by atoms with van der Waals surface area (Å²) in [7, 11) is 0.